The molecule has 0 amide bonds. The first-order valence-corrected chi connectivity index (χ1v) is 7.90. The topological polar surface area (TPSA) is 64.6 Å². The Balaban J connectivity index is 4.91. The summed E-state index contributed by atoms with van der Waals surface area (Å²) in [5.74, 6) is -0.920. The van der Waals surface area contributed by atoms with Crippen LogP contribution < -0.4 is 5.32 Å². The van der Waals surface area contributed by atoms with Crippen molar-refractivity contribution in [2.75, 3.05) is 6.54 Å². The van der Waals surface area contributed by atoms with Gasteiger partial charge in [0.15, 0.2) is 0 Å². The second-order valence-corrected chi connectivity index (χ2v) is 8.15. The molecule has 0 saturated heterocycles. The van der Waals surface area contributed by atoms with E-state index in [1.807, 2.05) is 41.5 Å². The number of hydrogen-bond donors (Lipinski definition) is 1. The van der Waals surface area contributed by atoms with E-state index in [4.69, 9.17) is 9.47 Å². The zero-order valence-corrected chi connectivity index (χ0v) is 15.6. The van der Waals surface area contributed by atoms with Crippen molar-refractivity contribution < 1.29 is 19.1 Å². The highest BCUT2D eigenvalue weighted by molar-refractivity contribution is 5.82. The zero-order chi connectivity index (χ0) is 17.7. The van der Waals surface area contributed by atoms with Crippen LogP contribution in [0.5, 0.6) is 0 Å². The Morgan fingerprint density at radius 2 is 1.45 bits per heavy atom. The molecule has 5 nitrogen and oxygen atoms in total. The summed E-state index contributed by atoms with van der Waals surface area (Å²) in [6, 6.07) is 0.184. The Bertz CT molecular complexity index is 377. The first-order chi connectivity index (χ1) is 9.75. The van der Waals surface area contributed by atoms with Crippen molar-refractivity contribution in [2.45, 2.75) is 80.6 Å². The van der Waals surface area contributed by atoms with Crippen molar-refractivity contribution in [3.8, 4) is 0 Å². The predicted octanol–water partition coefficient (Wildman–Crippen LogP) is 2.92. The maximum atomic E-state index is 12.3. The third-order valence-corrected chi connectivity index (χ3v) is 3.35. The maximum absolute atomic E-state index is 12.3. The summed E-state index contributed by atoms with van der Waals surface area (Å²) in [4.78, 5) is 24.4. The number of carbonyl (C=O) groups is 2. The summed E-state index contributed by atoms with van der Waals surface area (Å²) in [6.45, 7) is 17.3. The molecule has 0 aliphatic carbocycles. The molecule has 0 spiro atoms. The maximum Gasteiger partial charge on any atom is 0.349 e. The highest BCUT2D eigenvalue weighted by Crippen LogP contribution is 2.23. The van der Waals surface area contributed by atoms with Gasteiger partial charge in [-0.3, -0.25) is 4.79 Å². The van der Waals surface area contributed by atoms with E-state index in [0.29, 0.717) is 0 Å². The van der Waals surface area contributed by atoms with Crippen LogP contribution in [0.1, 0.15) is 62.3 Å². The molecule has 22 heavy (non-hydrogen) atoms. The quantitative estimate of drug-likeness (QED) is 0.764. The van der Waals surface area contributed by atoms with E-state index in [1.165, 1.54) is 0 Å². The zero-order valence-electron chi connectivity index (χ0n) is 15.6. The minimum absolute atomic E-state index is 0.167. The summed E-state index contributed by atoms with van der Waals surface area (Å²) >= 11 is 0. The van der Waals surface area contributed by atoms with Crippen LogP contribution >= 0.6 is 0 Å². The van der Waals surface area contributed by atoms with E-state index in [1.54, 1.807) is 20.8 Å². The first kappa shape index (κ1) is 20.9. The molecular formula is C17H33NO4. The second-order valence-electron chi connectivity index (χ2n) is 8.15. The van der Waals surface area contributed by atoms with Crippen molar-refractivity contribution in [1.29, 1.82) is 0 Å². The summed E-state index contributed by atoms with van der Waals surface area (Å²) in [5.41, 5.74) is -0.828. The fourth-order valence-corrected chi connectivity index (χ4v) is 1.25. The average molecular weight is 315 g/mol. The van der Waals surface area contributed by atoms with Crippen LogP contribution in [-0.4, -0.2) is 36.7 Å². The van der Waals surface area contributed by atoms with Crippen molar-refractivity contribution in [2.24, 2.45) is 10.8 Å². The first-order valence-electron chi connectivity index (χ1n) is 7.90. The number of nitrogens with one attached hydrogen (secondary N) is 1. The van der Waals surface area contributed by atoms with Gasteiger partial charge in [0.2, 0.25) is 6.10 Å². The molecule has 0 aromatic carbocycles. The van der Waals surface area contributed by atoms with E-state index in [0.717, 1.165) is 0 Å². The smallest absolute Gasteiger partial charge is 0.349 e. The molecule has 0 radical (unpaired) electrons. The van der Waals surface area contributed by atoms with Gasteiger partial charge in [-0.2, -0.15) is 0 Å². The molecule has 0 heterocycles. The van der Waals surface area contributed by atoms with E-state index in [2.05, 4.69) is 5.32 Å². The van der Waals surface area contributed by atoms with Crippen LogP contribution in [0.4, 0.5) is 0 Å². The van der Waals surface area contributed by atoms with Crippen molar-refractivity contribution >= 4 is 11.9 Å². The number of hydrogen-bond acceptors (Lipinski definition) is 5. The lowest BCUT2D eigenvalue weighted by atomic mass is 9.90. The molecule has 0 rings (SSSR count). The highest BCUT2D eigenvalue weighted by Gasteiger charge is 2.33. The van der Waals surface area contributed by atoms with Gasteiger partial charge in [-0.25, -0.2) is 4.79 Å². The molecule has 0 fully saturated rings. The number of esters is 2. The monoisotopic (exact) mass is 315 g/mol. The van der Waals surface area contributed by atoms with Crippen molar-refractivity contribution in [3.63, 3.8) is 0 Å². The number of rotatable bonds is 6. The molecule has 0 aliphatic rings. The van der Waals surface area contributed by atoms with Crippen LogP contribution in [0.3, 0.4) is 0 Å². The largest absolute Gasteiger partial charge is 0.459 e. The van der Waals surface area contributed by atoms with Crippen molar-refractivity contribution in [3.05, 3.63) is 0 Å². The van der Waals surface area contributed by atoms with Gasteiger partial charge in [-0.1, -0.05) is 34.6 Å². The molecule has 1 N–H and O–H groups in total. The van der Waals surface area contributed by atoms with Gasteiger partial charge in [0.05, 0.1) is 5.41 Å². The molecule has 2 atom stereocenters. The standard InChI is InChI=1S/C17H33NO4/c1-11(2)18-10-13(22-15(20)17(7,8)9)14(19)21-12(3)16(4,5)6/h11-13,18H,10H2,1-9H3. The molecule has 0 aromatic heterocycles. The minimum Gasteiger partial charge on any atom is -0.459 e. The van der Waals surface area contributed by atoms with Crippen molar-refractivity contribution in [1.82, 2.24) is 5.32 Å². The minimum atomic E-state index is -0.932. The third kappa shape index (κ3) is 7.78. The Hall–Kier alpha value is -1.10. The van der Waals surface area contributed by atoms with Crippen LogP contribution in [0, 0.1) is 10.8 Å². The molecule has 0 aliphatic heterocycles. The molecule has 0 bridgehead atoms. The second kappa shape index (κ2) is 7.95. The molecular weight excluding hydrogens is 282 g/mol. The van der Waals surface area contributed by atoms with E-state index >= 15 is 0 Å². The van der Waals surface area contributed by atoms with E-state index in [-0.39, 0.29) is 24.1 Å². The normalized spacial score (nSPS) is 15.4. The summed E-state index contributed by atoms with van der Waals surface area (Å²) in [6.07, 6.45) is -1.20. The molecule has 0 aromatic rings. The van der Waals surface area contributed by atoms with Gasteiger partial charge in [0, 0.05) is 12.6 Å². The van der Waals surface area contributed by atoms with Gasteiger partial charge in [-0.05, 0) is 33.1 Å². The Labute approximate surface area is 135 Å². The molecule has 2 unspecified atom stereocenters. The summed E-state index contributed by atoms with van der Waals surface area (Å²) in [7, 11) is 0. The lowest BCUT2D eigenvalue weighted by Gasteiger charge is -2.29. The van der Waals surface area contributed by atoms with Crippen LogP contribution in [0.15, 0.2) is 0 Å². The van der Waals surface area contributed by atoms with Gasteiger partial charge in [0.25, 0.3) is 0 Å². The molecule has 5 heteroatoms. The van der Waals surface area contributed by atoms with Gasteiger partial charge < -0.3 is 14.8 Å². The van der Waals surface area contributed by atoms with E-state index in [9.17, 15) is 9.59 Å². The lowest BCUT2D eigenvalue weighted by molar-refractivity contribution is -0.178. The van der Waals surface area contributed by atoms with Gasteiger partial charge >= 0.3 is 11.9 Å². The van der Waals surface area contributed by atoms with Gasteiger partial charge in [0.1, 0.15) is 6.10 Å². The fraction of sp³-hybridized carbons (Fsp3) is 0.882. The van der Waals surface area contributed by atoms with Gasteiger partial charge in [-0.15, -0.1) is 0 Å². The Kier molecular flexibility index (Phi) is 7.55. The van der Waals surface area contributed by atoms with Crippen LogP contribution in [-0.2, 0) is 19.1 Å². The highest BCUT2D eigenvalue weighted by atomic mass is 16.6. The van der Waals surface area contributed by atoms with Crippen LogP contribution in [0.2, 0.25) is 0 Å². The predicted molar refractivity (Wildman–Crippen MR) is 87.5 cm³/mol. The Morgan fingerprint density at radius 1 is 0.955 bits per heavy atom. The molecule has 130 valence electrons. The molecule has 0 saturated carbocycles. The van der Waals surface area contributed by atoms with E-state index < -0.39 is 23.5 Å². The number of carbonyl (C=O) groups excluding carboxylic acids is 2. The number of ether oxygens (including phenoxy) is 2. The average Bonchev–Trinajstić information content (AvgIpc) is 2.30. The Morgan fingerprint density at radius 3 is 1.82 bits per heavy atom. The summed E-state index contributed by atoms with van der Waals surface area (Å²) < 4.78 is 10.8. The SMILES string of the molecule is CC(C)NCC(OC(=O)C(C)(C)C)C(=O)OC(C)C(C)(C)C. The summed E-state index contributed by atoms with van der Waals surface area (Å²) in [5, 5.41) is 3.12. The fourth-order valence-electron chi connectivity index (χ4n) is 1.25. The lowest BCUT2D eigenvalue weighted by Crippen LogP contribution is -2.44. The van der Waals surface area contributed by atoms with Crippen LogP contribution in [0.25, 0.3) is 0 Å². The third-order valence-electron chi connectivity index (χ3n) is 3.35.